The Morgan fingerprint density at radius 1 is 1.50 bits per heavy atom. The number of aromatic nitrogens is 1. The highest BCUT2D eigenvalue weighted by atomic mass is 35.5. The molecule has 1 saturated heterocycles. The van der Waals surface area contributed by atoms with Gasteiger partial charge in [0.25, 0.3) is 5.91 Å². The summed E-state index contributed by atoms with van der Waals surface area (Å²) < 4.78 is 22.5. The van der Waals surface area contributed by atoms with Gasteiger partial charge in [0.1, 0.15) is 15.0 Å². The molecule has 1 aliphatic heterocycles. The molecule has 1 N–H and O–H groups in total. The van der Waals surface area contributed by atoms with Crippen molar-refractivity contribution in [3.63, 3.8) is 0 Å². The van der Waals surface area contributed by atoms with E-state index < -0.39 is 9.84 Å². The van der Waals surface area contributed by atoms with E-state index in [0.29, 0.717) is 29.5 Å². The van der Waals surface area contributed by atoms with Crippen LogP contribution in [0.1, 0.15) is 24.2 Å². The predicted molar refractivity (Wildman–Crippen MR) is 87.1 cm³/mol. The van der Waals surface area contributed by atoms with Crippen molar-refractivity contribution in [2.45, 2.75) is 19.9 Å². The fourth-order valence-corrected chi connectivity index (χ4v) is 3.70. The molecule has 0 atom stereocenters. The first-order valence-corrected chi connectivity index (χ1v) is 9.48. The van der Waals surface area contributed by atoms with Crippen molar-refractivity contribution in [1.82, 2.24) is 9.88 Å². The monoisotopic (exact) mass is 345 g/mol. The molecule has 1 fully saturated rings. The number of hydrogen-bond acceptors (Lipinski definition) is 5. The Bertz CT molecular complexity index is 670. The first-order chi connectivity index (χ1) is 10.2. The molecule has 6 nitrogen and oxygen atoms in total. The minimum Gasteiger partial charge on any atom is -0.382 e. The number of halogens is 1. The van der Waals surface area contributed by atoms with Crippen molar-refractivity contribution >= 4 is 33.0 Å². The van der Waals surface area contributed by atoms with E-state index in [1.807, 2.05) is 13.8 Å². The first kappa shape index (κ1) is 17.0. The van der Waals surface area contributed by atoms with Gasteiger partial charge in [0.05, 0.1) is 17.0 Å². The lowest BCUT2D eigenvalue weighted by Gasteiger charge is -2.39. The lowest BCUT2D eigenvalue weighted by molar-refractivity contribution is 0.0535. The van der Waals surface area contributed by atoms with E-state index in [1.54, 1.807) is 11.0 Å². The van der Waals surface area contributed by atoms with Crippen LogP contribution in [0.5, 0.6) is 0 Å². The molecule has 1 aromatic heterocycles. The molecule has 2 rings (SSSR count). The summed E-state index contributed by atoms with van der Waals surface area (Å²) in [6.07, 6.45) is 2.67. The van der Waals surface area contributed by atoms with E-state index in [-0.39, 0.29) is 23.6 Å². The van der Waals surface area contributed by atoms with Crippen LogP contribution in [-0.4, -0.2) is 55.3 Å². The summed E-state index contributed by atoms with van der Waals surface area (Å²) in [5.41, 5.74) is 1.10. The summed E-state index contributed by atoms with van der Waals surface area (Å²) in [4.78, 5) is 18.1. The molecule has 0 unspecified atom stereocenters. The predicted octanol–water partition coefficient (Wildman–Crippen LogP) is 1.67. The van der Waals surface area contributed by atoms with E-state index in [0.717, 1.165) is 0 Å². The zero-order valence-corrected chi connectivity index (χ0v) is 14.4. The van der Waals surface area contributed by atoms with Crippen molar-refractivity contribution in [2.75, 3.05) is 30.4 Å². The normalized spacial score (nSPS) is 15.8. The number of nitrogens with one attached hydrogen (secondary N) is 1. The summed E-state index contributed by atoms with van der Waals surface area (Å²) in [5, 5.41) is 3.50. The Morgan fingerprint density at radius 2 is 2.14 bits per heavy atom. The average molecular weight is 346 g/mol. The molecule has 0 aliphatic carbocycles. The number of carbonyl (C=O) groups excluding carboxylic acids is 1. The quantitative estimate of drug-likeness (QED) is 0.821. The van der Waals surface area contributed by atoms with Crippen molar-refractivity contribution in [2.24, 2.45) is 5.92 Å². The van der Waals surface area contributed by atoms with Crippen molar-refractivity contribution in [3.8, 4) is 0 Å². The molecule has 0 aromatic carbocycles. The van der Waals surface area contributed by atoms with Gasteiger partial charge < -0.3 is 10.2 Å². The Kier molecular flexibility index (Phi) is 4.97. The van der Waals surface area contributed by atoms with Crippen LogP contribution in [0.15, 0.2) is 12.3 Å². The zero-order chi connectivity index (χ0) is 16.5. The highest BCUT2D eigenvalue weighted by Crippen LogP contribution is 2.25. The summed E-state index contributed by atoms with van der Waals surface area (Å²) in [6.45, 7) is 4.84. The molecule has 0 bridgehead atoms. The largest absolute Gasteiger partial charge is 0.382 e. The summed E-state index contributed by atoms with van der Waals surface area (Å²) >= 11 is 5.89. The summed E-state index contributed by atoms with van der Waals surface area (Å²) in [7, 11) is -3.01. The lowest BCUT2D eigenvalue weighted by Crippen LogP contribution is -2.52. The molecule has 0 saturated carbocycles. The third-order valence-electron chi connectivity index (χ3n) is 3.33. The number of pyridine rings is 1. The highest BCUT2D eigenvalue weighted by Gasteiger charge is 2.34. The van der Waals surface area contributed by atoms with Crippen LogP contribution < -0.4 is 5.32 Å². The maximum Gasteiger partial charge on any atom is 0.257 e. The number of carbonyl (C=O) groups is 1. The van der Waals surface area contributed by atoms with E-state index in [9.17, 15) is 13.2 Å². The van der Waals surface area contributed by atoms with Crippen LogP contribution in [0.3, 0.4) is 0 Å². The Balaban J connectivity index is 2.08. The number of amides is 1. The van der Waals surface area contributed by atoms with Crippen molar-refractivity contribution < 1.29 is 13.2 Å². The van der Waals surface area contributed by atoms with Gasteiger partial charge in [0.2, 0.25) is 0 Å². The maximum atomic E-state index is 12.5. The SMILES string of the molecule is CC(C)Nc1cc(Cl)ncc1C(=O)N1CC(CS(C)(=O)=O)C1. The van der Waals surface area contributed by atoms with Gasteiger partial charge in [0, 0.05) is 37.5 Å². The Labute approximate surface area is 135 Å². The minimum absolute atomic E-state index is 0.0146. The van der Waals surface area contributed by atoms with Crippen LogP contribution in [0.4, 0.5) is 5.69 Å². The van der Waals surface area contributed by atoms with E-state index in [4.69, 9.17) is 11.6 Å². The summed E-state index contributed by atoms with van der Waals surface area (Å²) in [6, 6.07) is 1.78. The van der Waals surface area contributed by atoms with E-state index in [1.165, 1.54) is 12.5 Å². The topological polar surface area (TPSA) is 79.4 Å². The van der Waals surface area contributed by atoms with Crippen LogP contribution in [0.25, 0.3) is 0 Å². The Morgan fingerprint density at radius 3 is 2.68 bits per heavy atom. The molecule has 122 valence electrons. The third kappa shape index (κ3) is 4.33. The second-order valence-corrected chi connectivity index (χ2v) is 8.59. The molecule has 8 heteroatoms. The smallest absolute Gasteiger partial charge is 0.257 e. The first-order valence-electron chi connectivity index (χ1n) is 7.05. The molecule has 1 aliphatic rings. The van der Waals surface area contributed by atoms with Gasteiger partial charge in [-0.2, -0.15) is 0 Å². The minimum atomic E-state index is -3.01. The maximum absolute atomic E-state index is 12.5. The van der Waals surface area contributed by atoms with Gasteiger partial charge in [-0.1, -0.05) is 11.6 Å². The van der Waals surface area contributed by atoms with Gasteiger partial charge >= 0.3 is 0 Å². The lowest BCUT2D eigenvalue weighted by atomic mass is 10.0. The molecular weight excluding hydrogens is 326 g/mol. The van der Waals surface area contributed by atoms with Gasteiger partial charge in [-0.25, -0.2) is 13.4 Å². The second kappa shape index (κ2) is 6.42. The zero-order valence-electron chi connectivity index (χ0n) is 12.8. The molecular formula is C14H20ClN3O3S. The molecule has 2 heterocycles. The van der Waals surface area contributed by atoms with Crippen LogP contribution in [-0.2, 0) is 9.84 Å². The standard InChI is InChI=1S/C14H20ClN3O3S/c1-9(2)17-12-4-13(15)16-5-11(12)14(19)18-6-10(7-18)8-22(3,20)21/h4-5,9-10H,6-8H2,1-3H3,(H,16,17). The van der Waals surface area contributed by atoms with Crippen molar-refractivity contribution in [3.05, 3.63) is 23.0 Å². The molecule has 1 aromatic rings. The molecule has 0 spiro atoms. The Hall–Kier alpha value is -1.34. The number of sulfone groups is 1. The number of nitrogens with zero attached hydrogens (tertiary/aromatic N) is 2. The van der Waals surface area contributed by atoms with E-state index in [2.05, 4.69) is 10.3 Å². The number of rotatable bonds is 5. The van der Waals surface area contributed by atoms with Crippen LogP contribution in [0, 0.1) is 5.92 Å². The van der Waals surface area contributed by atoms with Gasteiger partial charge in [-0.15, -0.1) is 0 Å². The summed E-state index contributed by atoms with van der Waals surface area (Å²) in [5.74, 6) is -0.0231. The van der Waals surface area contributed by atoms with Gasteiger partial charge in [-0.05, 0) is 19.9 Å². The van der Waals surface area contributed by atoms with E-state index >= 15 is 0 Å². The third-order valence-corrected chi connectivity index (χ3v) is 4.61. The number of hydrogen-bond donors (Lipinski definition) is 1. The number of likely N-dealkylation sites (tertiary alicyclic amines) is 1. The molecule has 22 heavy (non-hydrogen) atoms. The number of anilines is 1. The van der Waals surface area contributed by atoms with Gasteiger partial charge in [-0.3, -0.25) is 4.79 Å². The highest BCUT2D eigenvalue weighted by molar-refractivity contribution is 7.90. The fourth-order valence-electron chi connectivity index (χ4n) is 2.47. The van der Waals surface area contributed by atoms with Crippen LogP contribution in [0.2, 0.25) is 5.15 Å². The van der Waals surface area contributed by atoms with Crippen molar-refractivity contribution in [1.29, 1.82) is 0 Å². The van der Waals surface area contributed by atoms with Crippen LogP contribution >= 0.6 is 11.6 Å². The second-order valence-electron chi connectivity index (χ2n) is 6.02. The van der Waals surface area contributed by atoms with Gasteiger partial charge in [0.15, 0.2) is 0 Å². The molecule has 1 amide bonds. The fraction of sp³-hybridized carbons (Fsp3) is 0.571. The average Bonchev–Trinajstić information content (AvgIpc) is 2.30. The molecule has 0 radical (unpaired) electrons.